The van der Waals surface area contributed by atoms with Crippen molar-refractivity contribution < 1.29 is 17.9 Å². The molecule has 1 aromatic carbocycles. The highest BCUT2D eigenvalue weighted by Gasteiger charge is 2.32. The average Bonchev–Trinajstić information content (AvgIpc) is 3.03. The Morgan fingerprint density at radius 1 is 1.34 bits per heavy atom. The number of aromatic nitrogens is 3. The summed E-state index contributed by atoms with van der Waals surface area (Å²) in [5.74, 6) is 2.21. The van der Waals surface area contributed by atoms with Gasteiger partial charge in [-0.2, -0.15) is 13.2 Å². The van der Waals surface area contributed by atoms with Gasteiger partial charge >= 0.3 is 6.18 Å². The van der Waals surface area contributed by atoms with Crippen LogP contribution in [0, 0.1) is 6.92 Å². The molecule has 1 atom stereocenters. The molecule has 29 heavy (non-hydrogen) atoms. The number of guanidine groups is 1. The third kappa shape index (κ3) is 5.06. The van der Waals surface area contributed by atoms with Crippen molar-refractivity contribution in [3.05, 3.63) is 47.0 Å². The van der Waals surface area contributed by atoms with Crippen LogP contribution in [0.1, 0.15) is 35.8 Å². The first kappa shape index (κ1) is 21.1. The van der Waals surface area contributed by atoms with Gasteiger partial charge < -0.3 is 19.5 Å². The molecule has 0 amide bonds. The van der Waals surface area contributed by atoms with Crippen molar-refractivity contribution >= 4 is 5.96 Å². The Morgan fingerprint density at radius 2 is 2.14 bits per heavy atom. The van der Waals surface area contributed by atoms with Gasteiger partial charge in [-0.3, -0.25) is 0 Å². The molecule has 1 fully saturated rings. The summed E-state index contributed by atoms with van der Waals surface area (Å²) in [6.07, 6.45) is -4.85. The number of nitrogens with one attached hydrogen (secondary N) is 1. The number of hydrogen-bond acceptors (Lipinski definition) is 4. The van der Waals surface area contributed by atoms with Crippen molar-refractivity contribution in [2.75, 3.05) is 26.2 Å². The number of benzene rings is 1. The van der Waals surface area contributed by atoms with E-state index in [0.29, 0.717) is 44.3 Å². The van der Waals surface area contributed by atoms with E-state index in [9.17, 15) is 13.2 Å². The molecule has 0 saturated carbocycles. The van der Waals surface area contributed by atoms with Gasteiger partial charge in [0.05, 0.1) is 18.7 Å². The van der Waals surface area contributed by atoms with Crippen LogP contribution in [0.5, 0.6) is 0 Å². The van der Waals surface area contributed by atoms with Crippen molar-refractivity contribution in [3.63, 3.8) is 0 Å². The third-order valence-electron chi connectivity index (χ3n) is 4.84. The van der Waals surface area contributed by atoms with Crippen LogP contribution in [0.3, 0.4) is 0 Å². The smallest absolute Gasteiger partial charge is 0.370 e. The lowest BCUT2D eigenvalue weighted by atomic mass is 10.0. The standard InChI is InChI=1S/C19H25F3N6O/c1-4-23-18(24-11-17-26-25-13(2)27(17)3)28-8-9-29-16(12-28)14-6-5-7-15(10-14)19(20,21)22/h5-7,10,16H,4,8-9,11-12H2,1-3H3,(H,23,24). The summed E-state index contributed by atoms with van der Waals surface area (Å²) in [4.78, 5) is 6.64. The Labute approximate surface area is 167 Å². The van der Waals surface area contributed by atoms with Crippen LogP contribution in [0.2, 0.25) is 0 Å². The molecule has 1 aliphatic rings. The maximum absolute atomic E-state index is 13.0. The van der Waals surface area contributed by atoms with Gasteiger partial charge in [0, 0.05) is 20.1 Å². The Morgan fingerprint density at radius 3 is 2.79 bits per heavy atom. The first-order valence-corrected chi connectivity index (χ1v) is 9.46. The summed E-state index contributed by atoms with van der Waals surface area (Å²) in [6, 6.07) is 5.30. The number of halogens is 3. The summed E-state index contributed by atoms with van der Waals surface area (Å²) in [5, 5.41) is 11.4. The maximum Gasteiger partial charge on any atom is 0.416 e. The number of alkyl halides is 3. The highest BCUT2D eigenvalue weighted by atomic mass is 19.4. The molecule has 7 nitrogen and oxygen atoms in total. The monoisotopic (exact) mass is 410 g/mol. The van der Waals surface area contributed by atoms with Gasteiger partial charge in [0.2, 0.25) is 0 Å². The summed E-state index contributed by atoms with van der Waals surface area (Å²) >= 11 is 0. The zero-order chi connectivity index (χ0) is 21.0. The van der Waals surface area contributed by atoms with Crippen LogP contribution >= 0.6 is 0 Å². The fourth-order valence-electron chi connectivity index (χ4n) is 3.12. The molecular weight excluding hydrogens is 385 g/mol. The lowest BCUT2D eigenvalue weighted by Gasteiger charge is -2.35. The van der Waals surface area contributed by atoms with Gasteiger partial charge in [-0.25, -0.2) is 4.99 Å². The molecule has 1 aliphatic heterocycles. The molecule has 10 heteroatoms. The Bertz CT molecular complexity index is 864. The first-order valence-electron chi connectivity index (χ1n) is 9.46. The topological polar surface area (TPSA) is 67.6 Å². The number of hydrogen-bond donors (Lipinski definition) is 1. The molecule has 0 bridgehead atoms. The normalized spacial score (nSPS) is 18.2. The van der Waals surface area contributed by atoms with Gasteiger partial charge in [-0.05, 0) is 31.5 Å². The second-order valence-corrected chi connectivity index (χ2v) is 6.82. The van der Waals surface area contributed by atoms with Crippen LogP contribution in [-0.2, 0) is 24.5 Å². The van der Waals surface area contributed by atoms with E-state index < -0.39 is 17.8 Å². The Hall–Kier alpha value is -2.62. The molecule has 2 aromatic rings. The fourth-order valence-corrected chi connectivity index (χ4v) is 3.12. The van der Waals surface area contributed by atoms with E-state index in [1.54, 1.807) is 6.07 Å². The maximum atomic E-state index is 13.0. The molecule has 2 heterocycles. The molecule has 1 unspecified atom stereocenters. The number of aryl methyl sites for hydroxylation is 1. The number of ether oxygens (including phenoxy) is 1. The quantitative estimate of drug-likeness (QED) is 0.620. The predicted molar refractivity (Wildman–Crippen MR) is 102 cm³/mol. The molecule has 158 valence electrons. The van der Waals surface area contributed by atoms with Crippen LogP contribution in [0.4, 0.5) is 13.2 Å². The second kappa shape index (κ2) is 8.81. The minimum absolute atomic E-state index is 0.352. The molecule has 1 saturated heterocycles. The number of nitrogens with zero attached hydrogens (tertiary/aromatic N) is 5. The second-order valence-electron chi connectivity index (χ2n) is 6.82. The summed E-state index contributed by atoms with van der Waals surface area (Å²) in [7, 11) is 1.88. The van der Waals surface area contributed by atoms with Gasteiger partial charge in [0.15, 0.2) is 11.8 Å². The van der Waals surface area contributed by atoms with Crippen molar-refractivity contribution in [2.45, 2.75) is 32.7 Å². The first-order chi connectivity index (χ1) is 13.8. The van der Waals surface area contributed by atoms with Crippen molar-refractivity contribution in [1.29, 1.82) is 0 Å². The molecule has 0 spiro atoms. The minimum atomic E-state index is -4.38. The molecule has 1 aromatic heterocycles. The van der Waals surface area contributed by atoms with Crippen molar-refractivity contribution in [2.24, 2.45) is 12.0 Å². The summed E-state index contributed by atoms with van der Waals surface area (Å²) in [5.41, 5.74) is -0.168. The largest absolute Gasteiger partial charge is 0.416 e. The van der Waals surface area contributed by atoms with Crippen LogP contribution < -0.4 is 5.32 Å². The lowest BCUT2D eigenvalue weighted by Crippen LogP contribution is -2.48. The minimum Gasteiger partial charge on any atom is -0.370 e. The fraction of sp³-hybridized carbons (Fsp3) is 0.526. The van der Waals surface area contributed by atoms with Crippen LogP contribution in [0.25, 0.3) is 0 Å². The van der Waals surface area contributed by atoms with E-state index in [1.807, 2.05) is 30.4 Å². The Kier molecular flexibility index (Phi) is 6.41. The number of aliphatic imine (C=N–C) groups is 1. The van der Waals surface area contributed by atoms with E-state index in [2.05, 4.69) is 20.5 Å². The van der Waals surface area contributed by atoms with E-state index in [1.165, 1.54) is 6.07 Å². The molecule has 3 rings (SSSR count). The number of morpholine rings is 1. The highest BCUT2D eigenvalue weighted by Crippen LogP contribution is 2.32. The van der Waals surface area contributed by atoms with E-state index in [0.717, 1.165) is 23.8 Å². The highest BCUT2D eigenvalue weighted by molar-refractivity contribution is 5.80. The van der Waals surface area contributed by atoms with E-state index >= 15 is 0 Å². The van der Waals surface area contributed by atoms with Crippen LogP contribution in [0.15, 0.2) is 29.3 Å². The zero-order valence-corrected chi connectivity index (χ0v) is 16.7. The van der Waals surface area contributed by atoms with Crippen LogP contribution in [-0.4, -0.2) is 51.9 Å². The average molecular weight is 410 g/mol. The van der Waals surface area contributed by atoms with Gasteiger partial charge in [-0.1, -0.05) is 12.1 Å². The molecule has 1 N–H and O–H groups in total. The zero-order valence-electron chi connectivity index (χ0n) is 16.7. The Balaban J connectivity index is 1.76. The molecular formula is C19H25F3N6O. The van der Waals surface area contributed by atoms with Gasteiger partial charge in [-0.15, -0.1) is 10.2 Å². The third-order valence-corrected chi connectivity index (χ3v) is 4.84. The molecule has 0 aliphatic carbocycles. The summed E-state index contributed by atoms with van der Waals surface area (Å²) < 4.78 is 46.8. The number of rotatable bonds is 4. The van der Waals surface area contributed by atoms with E-state index in [-0.39, 0.29) is 0 Å². The van der Waals surface area contributed by atoms with Gasteiger partial charge in [0.1, 0.15) is 18.5 Å². The van der Waals surface area contributed by atoms with Crippen molar-refractivity contribution in [3.8, 4) is 0 Å². The van der Waals surface area contributed by atoms with E-state index in [4.69, 9.17) is 4.74 Å². The van der Waals surface area contributed by atoms with Gasteiger partial charge in [0.25, 0.3) is 0 Å². The summed E-state index contributed by atoms with van der Waals surface area (Å²) in [6.45, 7) is 6.26. The van der Waals surface area contributed by atoms with Crippen molar-refractivity contribution in [1.82, 2.24) is 25.0 Å². The molecule has 0 radical (unpaired) electrons. The lowest BCUT2D eigenvalue weighted by molar-refractivity contribution is -0.137. The predicted octanol–water partition coefficient (Wildman–Crippen LogP) is 2.68. The SMILES string of the molecule is CCNC(=NCc1nnc(C)n1C)N1CCOC(c2cccc(C(F)(F)F)c2)C1.